The molecule has 0 amide bonds. The summed E-state index contributed by atoms with van der Waals surface area (Å²) in [7, 11) is 0. The van der Waals surface area contributed by atoms with Gasteiger partial charge in [-0.25, -0.2) is 9.18 Å². The van der Waals surface area contributed by atoms with E-state index >= 15 is 0 Å². The average Bonchev–Trinajstić information content (AvgIpc) is 2.55. The number of nitrogens with zero attached hydrogens (tertiary/aromatic N) is 1. The third-order valence-electron chi connectivity index (χ3n) is 3.95. The van der Waals surface area contributed by atoms with Crippen LogP contribution in [0.4, 0.5) is 10.1 Å². The monoisotopic (exact) mass is 326 g/mol. The highest BCUT2D eigenvalue weighted by atomic mass is 19.1. The Kier molecular flexibility index (Phi) is 3.81. The van der Waals surface area contributed by atoms with E-state index in [1.165, 1.54) is 12.3 Å². The largest absolute Gasteiger partial charge is 0.477 e. The molecule has 1 heterocycles. The predicted molar refractivity (Wildman–Crippen MR) is 90.6 cm³/mol. The Morgan fingerprint density at radius 2 is 1.88 bits per heavy atom. The highest BCUT2D eigenvalue weighted by Gasteiger charge is 2.18. The first-order valence-corrected chi connectivity index (χ1v) is 7.38. The molecule has 0 radical (unpaired) electrons. The molecule has 0 spiro atoms. The second-order valence-corrected chi connectivity index (χ2v) is 5.44. The number of anilines is 1. The minimum atomic E-state index is -1.37. The van der Waals surface area contributed by atoms with Gasteiger partial charge in [-0.2, -0.15) is 0 Å². The van der Waals surface area contributed by atoms with Crippen LogP contribution in [0.5, 0.6) is 0 Å². The zero-order chi connectivity index (χ0) is 17.4. The van der Waals surface area contributed by atoms with Crippen molar-refractivity contribution in [3.05, 3.63) is 64.2 Å². The molecule has 6 heteroatoms. The summed E-state index contributed by atoms with van der Waals surface area (Å²) in [6.07, 6.45) is 1.25. The van der Waals surface area contributed by atoms with Crippen LogP contribution < -0.4 is 11.2 Å². The van der Waals surface area contributed by atoms with Gasteiger partial charge in [-0.3, -0.25) is 4.79 Å². The van der Waals surface area contributed by atoms with E-state index in [9.17, 15) is 14.0 Å². The summed E-state index contributed by atoms with van der Waals surface area (Å²) in [6, 6.07) is 9.85. The fourth-order valence-corrected chi connectivity index (χ4v) is 2.72. The maximum atomic E-state index is 14.6. The number of aromatic carboxylic acids is 1. The summed E-state index contributed by atoms with van der Waals surface area (Å²) in [6.45, 7) is 2.20. The van der Waals surface area contributed by atoms with Gasteiger partial charge in [0.25, 0.3) is 0 Å². The number of benzene rings is 2. The molecule has 122 valence electrons. The van der Waals surface area contributed by atoms with E-state index in [1.807, 2.05) is 0 Å². The van der Waals surface area contributed by atoms with E-state index in [2.05, 4.69) is 0 Å². The molecule has 5 nitrogen and oxygen atoms in total. The number of nitrogens with two attached hydrogens (primary N) is 1. The Labute approximate surface area is 136 Å². The molecule has 1 aromatic heterocycles. The third kappa shape index (κ3) is 2.52. The van der Waals surface area contributed by atoms with Crippen LogP contribution in [0.3, 0.4) is 0 Å². The van der Waals surface area contributed by atoms with Crippen LogP contribution in [-0.2, 0) is 6.54 Å². The van der Waals surface area contributed by atoms with Crippen molar-refractivity contribution < 1.29 is 14.3 Å². The van der Waals surface area contributed by atoms with Crippen molar-refractivity contribution in [3.63, 3.8) is 0 Å². The minimum Gasteiger partial charge on any atom is -0.477 e. The molecule has 0 unspecified atom stereocenters. The Morgan fingerprint density at radius 1 is 1.21 bits per heavy atom. The number of halogens is 1. The number of aromatic nitrogens is 1. The predicted octanol–water partition coefficient (Wildman–Crippen LogP) is 3.11. The van der Waals surface area contributed by atoms with Crippen LogP contribution in [0.2, 0.25) is 0 Å². The summed E-state index contributed by atoms with van der Waals surface area (Å²) >= 11 is 0. The summed E-state index contributed by atoms with van der Waals surface area (Å²) in [5, 5.41) is 8.93. The number of aryl methyl sites for hydroxylation is 1. The van der Waals surface area contributed by atoms with Gasteiger partial charge in [-0.15, -0.1) is 0 Å². The lowest BCUT2D eigenvalue weighted by atomic mass is 10.0. The van der Waals surface area contributed by atoms with E-state index in [-0.39, 0.29) is 5.39 Å². The lowest BCUT2D eigenvalue weighted by molar-refractivity contribution is 0.0695. The SMILES string of the molecule is CCn1cc(C(=O)O)c(=O)c2c(F)cc(-c3ccc(N)cc3)cc21. The lowest BCUT2D eigenvalue weighted by Gasteiger charge is -2.13. The van der Waals surface area contributed by atoms with E-state index in [4.69, 9.17) is 10.8 Å². The number of carboxylic acid groups (broad SMARTS) is 1. The minimum absolute atomic E-state index is 0.212. The Bertz CT molecular complexity index is 1010. The molecule has 0 bridgehead atoms. The number of nitrogen functional groups attached to an aromatic ring is 1. The molecule has 0 atom stereocenters. The molecule has 3 aromatic rings. The molecule has 0 fully saturated rings. The molecule has 3 N–H and O–H groups in total. The number of pyridine rings is 1. The summed E-state index contributed by atoms with van der Waals surface area (Å²) < 4.78 is 16.2. The number of hydrogen-bond donors (Lipinski definition) is 2. The van der Waals surface area contributed by atoms with Gasteiger partial charge in [0.1, 0.15) is 11.4 Å². The van der Waals surface area contributed by atoms with Crippen LogP contribution in [0.15, 0.2) is 47.4 Å². The zero-order valence-electron chi connectivity index (χ0n) is 12.9. The summed E-state index contributed by atoms with van der Waals surface area (Å²) in [5.74, 6) is -2.11. The maximum absolute atomic E-state index is 14.6. The Morgan fingerprint density at radius 3 is 2.46 bits per heavy atom. The van der Waals surface area contributed by atoms with Crippen LogP contribution in [0, 0.1) is 5.82 Å². The van der Waals surface area contributed by atoms with Gasteiger partial charge in [0.05, 0.1) is 10.9 Å². The smallest absolute Gasteiger partial charge is 0.341 e. The molecule has 0 saturated carbocycles. The van der Waals surface area contributed by atoms with Crippen LogP contribution >= 0.6 is 0 Å². The number of rotatable bonds is 3. The van der Waals surface area contributed by atoms with Gasteiger partial charge in [0.2, 0.25) is 5.43 Å². The second-order valence-electron chi connectivity index (χ2n) is 5.44. The first-order valence-electron chi connectivity index (χ1n) is 7.38. The van der Waals surface area contributed by atoms with Crippen LogP contribution in [0.25, 0.3) is 22.0 Å². The number of hydrogen-bond acceptors (Lipinski definition) is 3. The highest BCUT2D eigenvalue weighted by Crippen LogP contribution is 2.26. The van der Waals surface area contributed by atoms with Crippen LogP contribution in [0.1, 0.15) is 17.3 Å². The van der Waals surface area contributed by atoms with E-state index in [0.29, 0.717) is 23.3 Å². The van der Waals surface area contributed by atoms with Crippen molar-refractivity contribution in [2.75, 3.05) is 5.73 Å². The fourth-order valence-electron chi connectivity index (χ4n) is 2.72. The van der Waals surface area contributed by atoms with Gasteiger partial charge in [0.15, 0.2) is 0 Å². The van der Waals surface area contributed by atoms with E-state index < -0.39 is 22.8 Å². The first-order chi connectivity index (χ1) is 11.4. The van der Waals surface area contributed by atoms with Gasteiger partial charge in [-0.05, 0) is 42.3 Å². The number of carbonyl (C=O) groups is 1. The van der Waals surface area contributed by atoms with Crippen molar-refractivity contribution in [1.82, 2.24) is 4.57 Å². The number of fused-ring (bicyclic) bond motifs is 1. The maximum Gasteiger partial charge on any atom is 0.341 e. The Hall–Kier alpha value is -3.15. The summed E-state index contributed by atoms with van der Waals surface area (Å²) in [5.41, 5.74) is 6.70. The van der Waals surface area contributed by atoms with Crippen molar-refractivity contribution >= 4 is 22.6 Å². The van der Waals surface area contributed by atoms with Gasteiger partial charge in [-0.1, -0.05) is 12.1 Å². The van der Waals surface area contributed by atoms with Gasteiger partial charge < -0.3 is 15.4 Å². The van der Waals surface area contributed by atoms with Crippen molar-refractivity contribution in [1.29, 1.82) is 0 Å². The second kappa shape index (κ2) is 5.81. The first kappa shape index (κ1) is 15.7. The fraction of sp³-hybridized carbons (Fsp3) is 0.111. The average molecular weight is 326 g/mol. The third-order valence-corrected chi connectivity index (χ3v) is 3.95. The van der Waals surface area contributed by atoms with Crippen LogP contribution in [-0.4, -0.2) is 15.6 Å². The summed E-state index contributed by atoms with van der Waals surface area (Å²) in [4.78, 5) is 23.5. The van der Waals surface area contributed by atoms with E-state index in [0.717, 1.165) is 5.56 Å². The van der Waals surface area contributed by atoms with Gasteiger partial charge in [0, 0.05) is 18.4 Å². The van der Waals surface area contributed by atoms with Gasteiger partial charge >= 0.3 is 5.97 Å². The molecule has 3 rings (SSSR count). The molecule has 2 aromatic carbocycles. The molecule has 0 saturated heterocycles. The zero-order valence-corrected chi connectivity index (χ0v) is 12.9. The molecule has 0 aliphatic rings. The standard InChI is InChI=1S/C18H15FN2O3/c1-2-21-9-13(18(23)24)17(22)16-14(19)7-11(8-15(16)21)10-3-5-12(20)6-4-10/h3-9H,2,20H2,1H3,(H,23,24). The van der Waals surface area contributed by atoms with Crippen molar-refractivity contribution in [2.45, 2.75) is 13.5 Å². The lowest BCUT2D eigenvalue weighted by Crippen LogP contribution is -2.19. The topological polar surface area (TPSA) is 85.3 Å². The number of carboxylic acids is 1. The molecule has 0 aliphatic carbocycles. The highest BCUT2D eigenvalue weighted by molar-refractivity contribution is 5.94. The molecule has 24 heavy (non-hydrogen) atoms. The molecular weight excluding hydrogens is 311 g/mol. The van der Waals surface area contributed by atoms with E-state index in [1.54, 1.807) is 41.8 Å². The molecule has 0 aliphatic heterocycles. The quantitative estimate of drug-likeness (QED) is 0.724. The van der Waals surface area contributed by atoms with Crippen molar-refractivity contribution in [2.24, 2.45) is 0 Å². The Balaban J connectivity index is 2.36. The normalized spacial score (nSPS) is 10.9. The van der Waals surface area contributed by atoms with Crippen molar-refractivity contribution in [3.8, 4) is 11.1 Å². The molecular formula is C18H15FN2O3.